The van der Waals surface area contributed by atoms with Crippen molar-refractivity contribution >= 4 is 27.3 Å². The van der Waals surface area contributed by atoms with Crippen molar-refractivity contribution in [3.63, 3.8) is 0 Å². The van der Waals surface area contributed by atoms with E-state index in [-0.39, 0.29) is 36.8 Å². The van der Waals surface area contributed by atoms with Crippen molar-refractivity contribution in [2.75, 3.05) is 31.1 Å². The highest BCUT2D eigenvalue weighted by Gasteiger charge is 2.30. The predicted molar refractivity (Wildman–Crippen MR) is 88.8 cm³/mol. The molecule has 24 heavy (non-hydrogen) atoms. The van der Waals surface area contributed by atoms with Crippen LogP contribution in [0, 0.1) is 11.6 Å². The van der Waals surface area contributed by atoms with Gasteiger partial charge >= 0.3 is 0 Å². The van der Waals surface area contributed by atoms with E-state index in [0.717, 1.165) is 0 Å². The predicted octanol–water partition coefficient (Wildman–Crippen LogP) is 3.13. The molecule has 1 fully saturated rings. The van der Waals surface area contributed by atoms with Gasteiger partial charge in [-0.15, -0.1) is 0 Å². The number of sulfonamides is 1. The Morgan fingerprint density at radius 2 is 1.50 bits per heavy atom. The van der Waals surface area contributed by atoms with E-state index in [9.17, 15) is 17.2 Å². The minimum Gasteiger partial charge on any atom is -0.364 e. The summed E-state index contributed by atoms with van der Waals surface area (Å²) in [6, 6.07) is 9.71. The Labute approximate surface area is 144 Å². The Hall–Kier alpha value is -1.70. The van der Waals surface area contributed by atoms with Crippen molar-refractivity contribution < 1.29 is 17.2 Å². The smallest absolute Gasteiger partial charge is 0.243 e. The van der Waals surface area contributed by atoms with E-state index in [2.05, 4.69) is 0 Å². The topological polar surface area (TPSA) is 40.6 Å². The molecule has 0 radical (unpaired) electrons. The first-order valence-electron chi connectivity index (χ1n) is 7.34. The fourth-order valence-corrected chi connectivity index (χ4v) is 4.44. The van der Waals surface area contributed by atoms with Gasteiger partial charge in [-0.05, 0) is 30.3 Å². The summed E-state index contributed by atoms with van der Waals surface area (Å²) in [5.74, 6) is -1.30. The summed E-state index contributed by atoms with van der Waals surface area (Å²) < 4.78 is 54.2. The van der Waals surface area contributed by atoms with E-state index >= 15 is 0 Å². The number of rotatable bonds is 3. The first-order valence-corrected chi connectivity index (χ1v) is 9.16. The molecule has 0 bridgehead atoms. The fraction of sp³-hybridized carbons (Fsp3) is 0.250. The lowest BCUT2D eigenvalue weighted by molar-refractivity contribution is 0.381. The zero-order valence-corrected chi connectivity index (χ0v) is 14.2. The van der Waals surface area contributed by atoms with Crippen molar-refractivity contribution in [1.29, 1.82) is 0 Å². The highest BCUT2D eigenvalue weighted by molar-refractivity contribution is 7.89. The molecule has 4 nitrogen and oxygen atoms in total. The monoisotopic (exact) mass is 372 g/mol. The molecule has 1 aliphatic heterocycles. The average Bonchev–Trinajstić information content (AvgIpc) is 2.55. The van der Waals surface area contributed by atoms with E-state index in [1.165, 1.54) is 39.5 Å². The Bertz CT molecular complexity index is 833. The van der Waals surface area contributed by atoms with E-state index < -0.39 is 21.7 Å². The molecule has 0 N–H and O–H groups in total. The highest BCUT2D eigenvalue weighted by atomic mass is 35.5. The molecule has 2 aromatic rings. The molecule has 0 spiro atoms. The van der Waals surface area contributed by atoms with Crippen LogP contribution < -0.4 is 4.90 Å². The zero-order valence-electron chi connectivity index (χ0n) is 12.6. The lowest BCUT2D eigenvalue weighted by atomic mass is 10.2. The molecule has 8 heteroatoms. The molecule has 1 aliphatic rings. The van der Waals surface area contributed by atoms with Crippen LogP contribution in [0.2, 0.25) is 5.02 Å². The lowest BCUT2D eigenvalue weighted by Gasteiger charge is -2.35. The second-order valence-electron chi connectivity index (χ2n) is 5.42. The van der Waals surface area contributed by atoms with E-state index in [4.69, 9.17) is 11.6 Å². The summed E-state index contributed by atoms with van der Waals surface area (Å²) in [6.45, 7) is 0.695. The van der Waals surface area contributed by atoms with Gasteiger partial charge < -0.3 is 4.90 Å². The lowest BCUT2D eigenvalue weighted by Crippen LogP contribution is -2.49. The van der Waals surface area contributed by atoms with Gasteiger partial charge in [0.15, 0.2) is 0 Å². The second-order valence-corrected chi connectivity index (χ2v) is 7.79. The molecule has 1 heterocycles. The third-order valence-corrected chi connectivity index (χ3v) is 6.06. The van der Waals surface area contributed by atoms with Crippen molar-refractivity contribution in [2.45, 2.75) is 4.90 Å². The fourth-order valence-electron chi connectivity index (χ4n) is 2.72. The molecule has 0 atom stereocenters. The van der Waals surface area contributed by atoms with E-state index in [1.54, 1.807) is 12.1 Å². The van der Waals surface area contributed by atoms with Crippen molar-refractivity contribution in [2.24, 2.45) is 0 Å². The number of nitrogens with zero attached hydrogens (tertiary/aromatic N) is 2. The Kier molecular flexibility index (Phi) is 4.76. The number of benzene rings is 2. The number of piperazine rings is 1. The third kappa shape index (κ3) is 3.24. The Morgan fingerprint density at radius 1 is 0.917 bits per heavy atom. The maximum absolute atomic E-state index is 13.8. The molecule has 2 aromatic carbocycles. The second kappa shape index (κ2) is 6.66. The maximum atomic E-state index is 13.8. The maximum Gasteiger partial charge on any atom is 0.243 e. The van der Waals surface area contributed by atoms with E-state index in [0.29, 0.717) is 5.02 Å². The van der Waals surface area contributed by atoms with E-state index in [1.807, 2.05) is 0 Å². The SMILES string of the molecule is O=S(=O)(c1cccc(Cl)c1)N1CCN(c2c(F)cccc2F)CC1. The van der Waals surface area contributed by atoms with Crippen LogP contribution in [-0.2, 0) is 10.0 Å². The summed E-state index contributed by atoms with van der Waals surface area (Å²) >= 11 is 5.85. The number of para-hydroxylation sites is 1. The molecule has 128 valence electrons. The summed E-state index contributed by atoms with van der Waals surface area (Å²) in [5.41, 5.74) is -0.114. The van der Waals surface area contributed by atoms with Gasteiger partial charge in [-0.2, -0.15) is 4.31 Å². The van der Waals surface area contributed by atoms with Gasteiger partial charge in [0.25, 0.3) is 0 Å². The van der Waals surface area contributed by atoms with Crippen LogP contribution in [0.3, 0.4) is 0 Å². The molecular weight excluding hydrogens is 358 g/mol. The minimum atomic E-state index is -3.68. The van der Waals surface area contributed by atoms with Gasteiger partial charge in [0, 0.05) is 31.2 Å². The van der Waals surface area contributed by atoms with Gasteiger partial charge in [-0.1, -0.05) is 23.7 Å². The van der Waals surface area contributed by atoms with Crippen LogP contribution in [0.15, 0.2) is 47.4 Å². The van der Waals surface area contributed by atoms with Crippen LogP contribution >= 0.6 is 11.6 Å². The molecule has 0 aromatic heterocycles. The Morgan fingerprint density at radius 3 is 2.08 bits per heavy atom. The van der Waals surface area contributed by atoms with Gasteiger partial charge in [0.05, 0.1) is 4.90 Å². The first-order chi connectivity index (χ1) is 11.4. The molecule has 0 amide bonds. The minimum absolute atomic E-state index is 0.112. The highest BCUT2D eigenvalue weighted by Crippen LogP contribution is 2.26. The molecule has 0 saturated carbocycles. The largest absolute Gasteiger partial charge is 0.364 e. The summed E-state index contributed by atoms with van der Waals surface area (Å²) in [5, 5.41) is 0.336. The van der Waals surface area contributed by atoms with Crippen LogP contribution in [-0.4, -0.2) is 38.9 Å². The van der Waals surface area contributed by atoms with Crippen LogP contribution in [0.25, 0.3) is 0 Å². The number of halogens is 3. The number of hydrogen-bond donors (Lipinski definition) is 0. The van der Waals surface area contributed by atoms with Gasteiger partial charge in [0.1, 0.15) is 17.3 Å². The van der Waals surface area contributed by atoms with Gasteiger partial charge in [-0.3, -0.25) is 0 Å². The summed E-state index contributed by atoms with van der Waals surface area (Å²) in [6.07, 6.45) is 0. The number of anilines is 1. The van der Waals surface area contributed by atoms with Crippen molar-refractivity contribution in [1.82, 2.24) is 4.31 Å². The first kappa shape index (κ1) is 17.1. The molecule has 3 rings (SSSR count). The van der Waals surface area contributed by atoms with Crippen LogP contribution in [0.1, 0.15) is 0 Å². The van der Waals surface area contributed by atoms with Gasteiger partial charge in [0.2, 0.25) is 10.0 Å². The standard InChI is InChI=1S/C16H15ClF2N2O2S/c17-12-3-1-4-13(11-12)24(22,23)21-9-7-20(8-10-21)16-14(18)5-2-6-15(16)19/h1-6,11H,7-10H2. The zero-order chi connectivity index (χ0) is 17.3. The molecule has 0 unspecified atom stereocenters. The van der Waals surface area contributed by atoms with Crippen LogP contribution in [0.4, 0.5) is 14.5 Å². The van der Waals surface area contributed by atoms with Crippen molar-refractivity contribution in [3.05, 3.63) is 59.1 Å². The third-order valence-electron chi connectivity index (χ3n) is 3.93. The summed E-state index contributed by atoms with van der Waals surface area (Å²) in [7, 11) is -3.68. The van der Waals surface area contributed by atoms with Gasteiger partial charge in [-0.25, -0.2) is 17.2 Å². The van der Waals surface area contributed by atoms with Crippen molar-refractivity contribution in [3.8, 4) is 0 Å². The molecular formula is C16H15ClF2N2O2S. The number of hydrogen-bond acceptors (Lipinski definition) is 3. The summed E-state index contributed by atoms with van der Waals surface area (Å²) in [4.78, 5) is 1.63. The molecule has 1 saturated heterocycles. The quantitative estimate of drug-likeness (QED) is 0.831. The normalized spacial score (nSPS) is 16.4. The molecule has 0 aliphatic carbocycles. The van der Waals surface area contributed by atoms with Crippen LogP contribution in [0.5, 0.6) is 0 Å². The Balaban J connectivity index is 1.78. The average molecular weight is 373 g/mol.